The molecule has 0 fully saturated rings. The van der Waals surface area contributed by atoms with Crippen LogP contribution >= 0.6 is 0 Å². The maximum atomic E-state index is 6.11. The van der Waals surface area contributed by atoms with Crippen molar-refractivity contribution >= 4 is 29.1 Å². The molecule has 0 amide bonds. The monoisotopic (exact) mass is 298 g/mol. The van der Waals surface area contributed by atoms with E-state index in [1.165, 1.54) is 6.33 Å². The van der Waals surface area contributed by atoms with Gasteiger partial charge in [0.25, 0.3) is 0 Å². The molecule has 112 valence electrons. The van der Waals surface area contributed by atoms with Gasteiger partial charge in [-0.1, -0.05) is 0 Å². The average Bonchev–Trinajstić information content (AvgIpc) is 3.14. The molecular formula is C12H14N10. The van der Waals surface area contributed by atoms with E-state index in [1.807, 2.05) is 7.05 Å². The standard InChI is InChI=1S/C12H14N10/c1-14-10-8-12(16-3-15-10)22(6-18-8)21-5-17-7-9(13)20(2)4-19-11(7)21/h3-6,9H,13H2,1-2H3,(H,14,15,16). The summed E-state index contributed by atoms with van der Waals surface area (Å²) in [6, 6.07) is 0. The largest absolute Gasteiger partial charge is 0.371 e. The lowest BCUT2D eigenvalue weighted by Crippen LogP contribution is -2.32. The number of anilines is 1. The summed E-state index contributed by atoms with van der Waals surface area (Å²) >= 11 is 0. The molecule has 0 radical (unpaired) electrons. The van der Waals surface area contributed by atoms with E-state index in [0.717, 1.165) is 0 Å². The van der Waals surface area contributed by atoms with E-state index in [2.05, 4.69) is 30.2 Å². The van der Waals surface area contributed by atoms with Gasteiger partial charge >= 0.3 is 0 Å². The summed E-state index contributed by atoms with van der Waals surface area (Å²) in [5, 5.41) is 3.00. The van der Waals surface area contributed by atoms with E-state index < -0.39 is 0 Å². The van der Waals surface area contributed by atoms with Crippen LogP contribution in [0.2, 0.25) is 0 Å². The second kappa shape index (κ2) is 4.49. The highest BCUT2D eigenvalue weighted by Gasteiger charge is 2.24. The zero-order chi connectivity index (χ0) is 15.3. The Morgan fingerprint density at radius 2 is 1.95 bits per heavy atom. The van der Waals surface area contributed by atoms with Crippen molar-refractivity contribution in [2.45, 2.75) is 6.17 Å². The highest BCUT2D eigenvalue weighted by molar-refractivity contribution is 5.82. The van der Waals surface area contributed by atoms with Crippen LogP contribution in [0.3, 0.4) is 0 Å². The number of nitrogens with one attached hydrogen (secondary N) is 1. The van der Waals surface area contributed by atoms with Gasteiger partial charge in [0.2, 0.25) is 0 Å². The van der Waals surface area contributed by atoms with E-state index in [1.54, 1.807) is 40.3 Å². The Labute approximate surface area is 125 Å². The maximum absolute atomic E-state index is 6.11. The minimum Gasteiger partial charge on any atom is -0.371 e. The van der Waals surface area contributed by atoms with E-state index in [4.69, 9.17) is 5.73 Å². The zero-order valence-corrected chi connectivity index (χ0v) is 12.0. The molecule has 22 heavy (non-hydrogen) atoms. The van der Waals surface area contributed by atoms with Crippen molar-refractivity contribution in [2.24, 2.45) is 10.7 Å². The van der Waals surface area contributed by atoms with Gasteiger partial charge in [-0.3, -0.25) is 0 Å². The van der Waals surface area contributed by atoms with Crippen LogP contribution in [0.15, 0.2) is 24.0 Å². The quantitative estimate of drug-likeness (QED) is 0.681. The van der Waals surface area contributed by atoms with Gasteiger partial charge in [0.1, 0.15) is 30.8 Å². The fourth-order valence-corrected chi connectivity index (χ4v) is 2.41. The first-order valence-electron chi connectivity index (χ1n) is 6.66. The van der Waals surface area contributed by atoms with Crippen LogP contribution in [-0.2, 0) is 0 Å². The Morgan fingerprint density at radius 3 is 2.77 bits per heavy atom. The fourth-order valence-electron chi connectivity index (χ4n) is 2.41. The summed E-state index contributed by atoms with van der Waals surface area (Å²) < 4.78 is 3.53. The molecule has 0 spiro atoms. The van der Waals surface area contributed by atoms with Crippen molar-refractivity contribution in [1.82, 2.24) is 34.2 Å². The van der Waals surface area contributed by atoms with Crippen molar-refractivity contribution in [3.05, 3.63) is 24.7 Å². The predicted octanol–water partition coefficient (Wildman–Crippen LogP) is -0.0616. The minimum absolute atomic E-state index is 0.328. The number of rotatable bonds is 2. The average molecular weight is 298 g/mol. The van der Waals surface area contributed by atoms with Crippen molar-refractivity contribution < 1.29 is 0 Å². The van der Waals surface area contributed by atoms with E-state index in [9.17, 15) is 0 Å². The van der Waals surface area contributed by atoms with Crippen molar-refractivity contribution in [3.8, 4) is 0 Å². The first-order chi connectivity index (χ1) is 10.7. The summed E-state index contributed by atoms with van der Waals surface area (Å²) in [6.45, 7) is 0. The molecule has 4 rings (SSSR count). The first kappa shape index (κ1) is 12.7. The van der Waals surface area contributed by atoms with Gasteiger partial charge in [0, 0.05) is 14.1 Å². The number of aliphatic imine (C=N–C) groups is 1. The smallest absolute Gasteiger partial charge is 0.185 e. The van der Waals surface area contributed by atoms with E-state index >= 15 is 0 Å². The molecule has 3 aromatic heterocycles. The Hall–Kier alpha value is -3.01. The van der Waals surface area contributed by atoms with Crippen molar-refractivity contribution in [3.63, 3.8) is 0 Å². The van der Waals surface area contributed by atoms with Gasteiger partial charge in [-0.05, 0) is 0 Å². The number of hydrogen-bond acceptors (Lipinski definition) is 8. The van der Waals surface area contributed by atoms with Crippen LogP contribution in [0.5, 0.6) is 0 Å². The molecule has 3 aromatic rings. The molecule has 10 heteroatoms. The van der Waals surface area contributed by atoms with Gasteiger partial charge in [0.15, 0.2) is 22.8 Å². The highest BCUT2D eigenvalue weighted by atomic mass is 15.5. The molecule has 1 aliphatic heterocycles. The Balaban J connectivity index is 1.92. The number of hydrogen-bond donors (Lipinski definition) is 2. The lowest BCUT2D eigenvalue weighted by Gasteiger charge is -2.24. The Bertz CT molecular complexity index is 875. The number of nitrogens with two attached hydrogens (primary N) is 1. The van der Waals surface area contributed by atoms with Crippen LogP contribution in [-0.4, -0.2) is 54.6 Å². The van der Waals surface area contributed by atoms with Crippen molar-refractivity contribution in [1.29, 1.82) is 0 Å². The topological polar surface area (TPSA) is 115 Å². The van der Waals surface area contributed by atoms with Crippen LogP contribution in [0.1, 0.15) is 11.9 Å². The molecule has 3 N–H and O–H groups in total. The molecular weight excluding hydrogens is 284 g/mol. The van der Waals surface area contributed by atoms with E-state index in [0.29, 0.717) is 28.5 Å². The molecule has 0 saturated carbocycles. The zero-order valence-electron chi connectivity index (χ0n) is 12.0. The van der Waals surface area contributed by atoms with Gasteiger partial charge in [0.05, 0.1) is 6.34 Å². The number of nitrogens with zero attached hydrogens (tertiary/aromatic N) is 8. The van der Waals surface area contributed by atoms with Crippen LogP contribution in [0.4, 0.5) is 11.6 Å². The third-order valence-corrected chi connectivity index (χ3v) is 3.62. The summed E-state index contributed by atoms with van der Waals surface area (Å²) in [5.74, 6) is 1.33. The van der Waals surface area contributed by atoms with Gasteiger partial charge in [-0.25, -0.2) is 34.3 Å². The normalized spacial score (nSPS) is 17.0. The molecule has 0 saturated heterocycles. The molecule has 4 heterocycles. The lowest BCUT2D eigenvalue weighted by molar-refractivity contribution is 0.383. The summed E-state index contributed by atoms with van der Waals surface area (Å²) in [7, 11) is 3.65. The number of aromatic nitrogens is 6. The second-order valence-corrected chi connectivity index (χ2v) is 4.89. The number of imidazole rings is 2. The predicted molar refractivity (Wildman–Crippen MR) is 80.7 cm³/mol. The van der Waals surface area contributed by atoms with Crippen LogP contribution < -0.4 is 11.1 Å². The third kappa shape index (κ3) is 1.61. The molecule has 0 aliphatic carbocycles. The fraction of sp³-hybridized carbons (Fsp3) is 0.250. The molecule has 10 nitrogen and oxygen atoms in total. The molecule has 0 aromatic carbocycles. The lowest BCUT2D eigenvalue weighted by atomic mass is 10.3. The Morgan fingerprint density at radius 1 is 1.14 bits per heavy atom. The van der Waals surface area contributed by atoms with Gasteiger partial charge in [-0.2, -0.15) is 0 Å². The van der Waals surface area contributed by atoms with Crippen molar-refractivity contribution in [2.75, 3.05) is 19.4 Å². The second-order valence-electron chi connectivity index (χ2n) is 4.89. The molecule has 1 aliphatic rings. The number of fused-ring (bicyclic) bond motifs is 2. The first-order valence-corrected chi connectivity index (χ1v) is 6.66. The summed E-state index contributed by atoms with van der Waals surface area (Å²) in [6.07, 6.45) is 6.15. The van der Waals surface area contributed by atoms with Gasteiger partial charge in [-0.15, -0.1) is 0 Å². The minimum atomic E-state index is -0.328. The van der Waals surface area contributed by atoms with E-state index in [-0.39, 0.29) is 6.17 Å². The third-order valence-electron chi connectivity index (χ3n) is 3.62. The molecule has 1 atom stereocenters. The maximum Gasteiger partial charge on any atom is 0.185 e. The summed E-state index contributed by atoms with van der Waals surface area (Å²) in [5.41, 5.74) is 8.15. The van der Waals surface area contributed by atoms with Gasteiger partial charge < -0.3 is 16.0 Å². The van der Waals surface area contributed by atoms with Crippen LogP contribution in [0, 0.1) is 0 Å². The highest BCUT2D eigenvalue weighted by Crippen LogP contribution is 2.29. The molecule has 0 bridgehead atoms. The SMILES string of the molecule is CNc1ncnc2c1ncn2-n1cnc2c1N=CN(C)C2N. The summed E-state index contributed by atoms with van der Waals surface area (Å²) in [4.78, 5) is 23.4. The van der Waals surface area contributed by atoms with Crippen LogP contribution in [0.25, 0.3) is 11.2 Å². The Kier molecular flexibility index (Phi) is 2.60. The molecule has 1 unspecified atom stereocenters.